The Kier molecular flexibility index (Phi) is 6.39. The average Bonchev–Trinajstić information content (AvgIpc) is 3.42. The van der Waals surface area contributed by atoms with Gasteiger partial charge in [-0.25, -0.2) is 4.98 Å². The van der Waals surface area contributed by atoms with Gasteiger partial charge in [-0.15, -0.1) is 0 Å². The number of carbonyl (C=O) groups excluding carboxylic acids is 2. The van der Waals surface area contributed by atoms with Crippen LogP contribution < -0.4 is 5.32 Å². The van der Waals surface area contributed by atoms with Crippen molar-refractivity contribution in [2.45, 2.75) is 31.3 Å². The Morgan fingerprint density at radius 1 is 1.27 bits per heavy atom. The van der Waals surface area contributed by atoms with E-state index in [1.54, 1.807) is 0 Å². The number of aromatic amines is 1. The van der Waals surface area contributed by atoms with Crippen LogP contribution in [0, 0.1) is 5.92 Å². The van der Waals surface area contributed by atoms with Gasteiger partial charge in [-0.2, -0.15) is 5.10 Å². The van der Waals surface area contributed by atoms with Gasteiger partial charge in [-0.1, -0.05) is 30.3 Å². The van der Waals surface area contributed by atoms with Gasteiger partial charge < -0.3 is 19.7 Å². The number of benzene rings is 1. The van der Waals surface area contributed by atoms with Gasteiger partial charge in [0.25, 0.3) is 0 Å². The molecule has 0 unspecified atom stereocenters. The highest BCUT2D eigenvalue weighted by atomic mass is 16.5. The van der Waals surface area contributed by atoms with E-state index in [9.17, 15) is 9.59 Å². The summed E-state index contributed by atoms with van der Waals surface area (Å²) >= 11 is 0. The van der Waals surface area contributed by atoms with Crippen molar-refractivity contribution in [1.82, 2.24) is 25.4 Å². The van der Waals surface area contributed by atoms with Crippen LogP contribution in [0.2, 0.25) is 0 Å². The predicted octanol–water partition coefficient (Wildman–Crippen LogP) is 1.30. The first kappa shape index (κ1) is 20.5. The van der Waals surface area contributed by atoms with Crippen LogP contribution in [0.3, 0.4) is 0 Å². The van der Waals surface area contributed by atoms with Crippen molar-refractivity contribution in [2.24, 2.45) is 5.92 Å². The summed E-state index contributed by atoms with van der Waals surface area (Å²) in [6, 6.07) is 9.27. The zero-order valence-corrected chi connectivity index (χ0v) is 17.0. The Morgan fingerprint density at radius 3 is 2.77 bits per heavy atom. The lowest BCUT2D eigenvalue weighted by Crippen LogP contribution is -2.42. The minimum atomic E-state index is -0.266. The molecule has 2 aliphatic rings. The maximum absolute atomic E-state index is 13.3. The van der Waals surface area contributed by atoms with Crippen molar-refractivity contribution in [3.63, 3.8) is 0 Å². The number of nitrogens with one attached hydrogen (secondary N) is 2. The topological polar surface area (TPSA) is 109 Å². The van der Waals surface area contributed by atoms with Crippen LogP contribution in [0.25, 0.3) is 11.4 Å². The van der Waals surface area contributed by atoms with Crippen molar-refractivity contribution in [3.8, 4) is 11.4 Å². The first-order valence-corrected chi connectivity index (χ1v) is 10.3. The van der Waals surface area contributed by atoms with Crippen LogP contribution in [0.15, 0.2) is 30.3 Å². The van der Waals surface area contributed by atoms with E-state index in [0.29, 0.717) is 50.7 Å². The summed E-state index contributed by atoms with van der Waals surface area (Å²) in [4.78, 5) is 31.8. The lowest BCUT2D eigenvalue weighted by Gasteiger charge is -2.29. The maximum atomic E-state index is 13.3. The molecule has 3 heterocycles. The van der Waals surface area contributed by atoms with Crippen LogP contribution in [0.1, 0.15) is 31.1 Å². The molecule has 2 atom stereocenters. The Hall–Kier alpha value is -2.78. The third kappa shape index (κ3) is 4.52. The van der Waals surface area contributed by atoms with E-state index in [4.69, 9.17) is 9.47 Å². The molecule has 9 heteroatoms. The molecular weight excluding hydrogens is 386 g/mol. The average molecular weight is 413 g/mol. The molecule has 0 saturated carbocycles. The molecule has 4 rings (SSSR count). The van der Waals surface area contributed by atoms with Crippen molar-refractivity contribution < 1.29 is 19.1 Å². The Labute approximate surface area is 175 Å². The number of amides is 2. The van der Waals surface area contributed by atoms with Gasteiger partial charge in [0.05, 0.1) is 6.04 Å². The van der Waals surface area contributed by atoms with Crippen LogP contribution in [0.5, 0.6) is 0 Å². The first-order chi connectivity index (χ1) is 14.7. The molecule has 1 aromatic heterocycles. The highest BCUT2D eigenvalue weighted by molar-refractivity contribution is 5.80. The third-order valence-corrected chi connectivity index (χ3v) is 5.65. The molecule has 2 N–H and O–H groups in total. The normalized spacial score (nSPS) is 22.2. The zero-order valence-electron chi connectivity index (χ0n) is 17.0. The predicted molar refractivity (Wildman–Crippen MR) is 108 cm³/mol. The number of nitrogens with zero attached hydrogens (tertiary/aromatic N) is 3. The Morgan fingerprint density at radius 2 is 2.03 bits per heavy atom. The molecule has 30 heavy (non-hydrogen) atoms. The van der Waals surface area contributed by atoms with Gasteiger partial charge in [0.1, 0.15) is 12.4 Å². The molecular formula is C21H27N5O4. The van der Waals surface area contributed by atoms with E-state index in [2.05, 4.69) is 20.5 Å². The number of aromatic nitrogens is 3. The molecule has 2 saturated heterocycles. The summed E-state index contributed by atoms with van der Waals surface area (Å²) in [5.74, 6) is 1.06. The van der Waals surface area contributed by atoms with E-state index in [1.165, 1.54) is 7.11 Å². The lowest BCUT2D eigenvalue weighted by molar-refractivity contribution is -0.140. The molecule has 2 aliphatic heterocycles. The Bertz CT molecular complexity index is 865. The summed E-state index contributed by atoms with van der Waals surface area (Å²) in [6.07, 6.45) is 2.01. The third-order valence-electron chi connectivity index (χ3n) is 5.65. The summed E-state index contributed by atoms with van der Waals surface area (Å²) in [5, 5.41) is 10.3. The molecule has 2 amide bonds. The number of methoxy groups -OCH3 is 1. The number of rotatable bonds is 6. The monoisotopic (exact) mass is 413 g/mol. The highest BCUT2D eigenvalue weighted by Crippen LogP contribution is 2.34. The number of ether oxygens (including phenoxy) is 2. The van der Waals surface area contributed by atoms with Crippen LogP contribution in [-0.4, -0.2) is 71.4 Å². The second-order valence-corrected chi connectivity index (χ2v) is 7.74. The van der Waals surface area contributed by atoms with Gasteiger partial charge in [-0.3, -0.25) is 14.7 Å². The molecule has 2 aromatic rings. The standard InChI is InChI=1S/C21H27N5O4/c1-29-13-18(27)22-16-11-17(26(12-16)21(28)15-7-9-30-10-8-15)20-23-19(24-25-20)14-5-3-2-4-6-14/h2-6,15-17H,7-13H2,1H3,(H,22,27)(H,23,24,25)/t16-,17-/m0/s1. The molecule has 0 spiro atoms. The summed E-state index contributed by atoms with van der Waals surface area (Å²) in [5.41, 5.74) is 0.908. The SMILES string of the molecule is COCC(=O)N[C@H]1C[C@@H](c2nc(-c3ccccc3)n[nH]2)N(C(=O)C2CCOCC2)C1. The van der Waals surface area contributed by atoms with Gasteiger partial charge >= 0.3 is 0 Å². The van der Waals surface area contributed by atoms with Crippen molar-refractivity contribution >= 4 is 11.8 Å². The molecule has 0 bridgehead atoms. The van der Waals surface area contributed by atoms with E-state index >= 15 is 0 Å². The fraction of sp³-hybridized carbons (Fsp3) is 0.524. The van der Waals surface area contributed by atoms with E-state index in [-0.39, 0.29) is 36.4 Å². The van der Waals surface area contributed by atoms with E-state index < -0.39 is 0 Å². The second-order valence-electron chi connectivity index (χ2n) is 7.74. The molecule has 0 aliphatic carbocycles. The van der Waals surface area contributed by atoms with Crippen LogP contribution >= 0.6 is 0 Å². The molecule has 2 fully saturated rings. The van der Waals surface area contributed by atoms with Crippen molar-refractivity contribution in [2.75, 3.05) is 33.5 Å². The molecule has 160 valence electrons. The zero-order chi connectivity index (χ0) is 20.9. The number of likely N-dealkylation sites (tertiary alicyclic amines) is 1. The van der Waals surface area contributed by atoms with Crippen molar-refractivity contribution in [1.29, 1.82) is 0 Å². The molecule has 0 radical (unpaired) electrons. The smallest absolute Gasteiger partial charge is 0.246 e. The van der Waals surface area contributed by atoms with Crippen LogP contribution in [-0.2, 0) is 19.1 Å². The van der Waals surface area contributed by atoms with Gasteiger partial charge in [0.15, 0.2) is 5.82 Å². The second kappa shape index (κ2) is 9.36. The first-order valence-electron chi connectivity index (χ1n) is 10.3. The Balaban J connectivity index is 1.55. The fourth-order valence-electron chi connectivity index (χ4n) is 4.16. The maximum Gasteiger partial charge on any atom is 0.246 e. The molecule has 1 aromatic carbocycles. The van der Waals surface area contributed by atoms with Crippen molar-refractivity contribution in [3.05, 3.63) is 36.2 Å². The molecule has 9 nitrogen and oxygen atoms in total. The number of carbonyl (C=O) groups is 2. The number of hydrogen-bond donors (Lipinski definition) is 2. The van der Waals surface area contributed by atoms with Gasteiger partial charge in [0, 0.05) is 44.4 Å². The van der Waals surface area contributed by atoms with Gasteiger partial charge in [0.2, 0.25) is 11.8 Å². The number of H-pyrrole nitrogens is 1. The minimum absolute atomic E-state index is 0.00442. The number of hydrogen-bond acceptors (Lipinski definition) is 6. The summed E-state index contributed by atoms with van der Waals surface area (Å²) in [7, 11) is 1.48. The van der Waals surface area contributed by atoms with E-state index in [1.807, 2.05) is 35.2 Å². The summed E-state index contributed by atoms with van der Waals surface area (Å²) in [6.45, 7) is 1.64. The highest BCUT2D eigenvalue weighted by Gasteiger charge is 2.41. The minimum Gasteiger partial charge on any atom is -0.381 e. The van der Waals surface area contributed by atoms with Crippen LogP contribution in [0.4, 0.5) is 0 Å². The van der Waals surface area contributed by atoms with Gasteiger partial charge in [-0.05, 0) is 19.3 Å². The largest absolute Gasteiger partial charge is 0.381 e. The summed E-state index contributed by atoms with van der Waals surface area (Å²) < 4.78 is 10.3. The quantitative estimate of drug-likeness (QED) is 0.739. The fourth-order valence-corrected chi connectivity index (χ4v) is 4.16. The van der Waals surface area contributed by atoms with E-state index in [0.717, 1.165) is 5.56 Å². The lowest BCUT2D eigenvalue weighted by atomic mass is 9.98.